The number of benzene rings is 2. The van der Waals surface area contributed by atoms with Crippen LogP contribution in [0.4, 0.5) is 0 Å². The largest absolute Gasteiger partial charge is 0.491 e. The molecule has 0 atom stereocenters. The van der Waals surface area contributed by atoms with Crippen LogP contribution in [0.3, 0.4) is 0 Å². The van der Waals surface area contributed by atoms with Crippen molar-refractivity contribution < 1.29 is 9.53 Å². The number of para-hydroxylation sites is 1. The number of aromatic amines is 1. The predicted molar refractivity (Wildman–Crippen MR) is 102 cm³/mol. The van der Waals surface area contributed by atoms with E-state index in [9.17, 15) is 4.79 Å². The Morgan fingerprint density at radius 3 is 2.69 bits per heavy atom. The molecule has 1 heterocycles. The highest BCUT2D eigenvalue weighted by Crippen LogP contribution is 2.29. The number of amides is 1. The Bertz CT molecular complexity index is 843. The van der Waals surface area contributed by atoms with Gasteiger partial charge in [-0.15, -0.1) is 0 Å². The van der Waals surface area contributed by atoms with Gasteiger partial charge in [-0.3, -0.25) is 9.89 Å². The van der Waals surface area contributed by atoms with E-state index in [0.717, 1.165) is 35.4 Å². The first-order valence-corrected chi connectivity index (χ1v) is 8.87. The van der Waals surface area contributed by atoms with E-state index in [0.29, 0.717) is 18.8 Å². The summed E-state index contributed by atoms with van der Waals surface area (Å²) in [5.41, 5.74) is 3.53. The Morgan fingerprint density at radius 2 is 1.88 bits per heavy atom. The van der Waals surface area contributed by atoms with Crippen molar-refractivity contribution in [3.05, 3.63) is 72.1 Å². The summed E-state index contributed by atoms with van der Waals surface area (Å²) in [6.45, 7) is 2.89. The minimum absolute atomic E-state index is 0.191. The van der Waals surface area contributed by atoms with Gasteiger partial charge in [-0.25, -0.2) is 0 Å². The third-order valence-electron chi connectivity index (χ3n) is 4.00. The number of nitrogens with one attached hydrogen (secondary N) is 2. The quantitative estimate of drug-likeness (QED) is 0.607. The van der Waals surface area contributed by atoms with Gasteiger partial charge in [0.15, 0.2) is 0 Å². The summed E-state index contributed by atoms with van der Waals surface area (Å²) < 4.78 is 5.88. The van der Waals surface area contributed by atoms with E-state index in [1.54, 1.807) is 6.07 Å². The second-order valence-corrected chi connectivity index (χ2v) is 5.99. The van der Waals surface area contributed by atoms with Gasteiger partial charge in [0, 0.05) is 11.3 Å². The molecule has 26 heavy (non-hydrogen) atoms. The summed E-state index contributed by atoms with van der Waals surface area (Å²) in [6, 6.07) is 19.8. The van der Waals surface area contributed by atoms with Gasteiger partial charge in [0.1, 0.15) is 18.1 Å². The zero-order valence-corrected chi connectivity index (χ0v) is 14.9. The normalized spacial score (nSPS) is 10.5. The van der Waals surface area contributed by atoms with Crippen LogP contribution in [0.2, 0.25) is 0 Å². The van der Waals surface area contributed by atoms with Crippen molar-refractivity contribution in [3.63, 3.8) is 0 Å². The van der Waals surface area contributed by atoms with Crippen molar-refractivity contribution >= 4 is 5.91 Å². The molecule has 3 rings (SSSR count). The molecule has 3 aromatic rings. The fraction of sp³-hybridized carbons (Fsp3) is 0.238. The molecule has 2 aromatic carbocycles. The smallest absolute Gasteiger partial charge is 0.271 e. The zero-order chi connectivity index (χ0) is 18.2. The van der Waals surface area contributed by atoms with Crippen LogP contribution >= 0.6 is 0 Å². The van der Waals surface area contributed by atoms with E-state index in [-0.39, 0.29) is 5.91 Å². The number of carbonyl (C=O) groups is 1. The molecule has 0 saturated heterocycles. The van der Waals surface area contributed by atoms with Crippen LogP contribution in [0.5, 0.6) is 5.75 Å². The van der Waals surface area contributed by atoms with E-state index in [1.807, 2.05) is 42.5 Å². The van der Waals surface area contributed by atoms with E-state index in [1.165, 1.54) is 0 Å². The van der Waals surface area contributed by atoms with Crippen LogP contribution < -0.4 is 10.1 Å². The predicted octanol–water partition coefficient (Wildman–Crippen LogP) is 3.84. The van der Waals surface area contributed by atoms with Crippen LogP contribution in [0.1, 0.15) is 29.5 Å². The van der Waals surface area contributed by atoms with E-state index < -0.39 is 0 Å². The van der Waals surface area contributed by atoms with Gasteiger partial charge in [0.05, 0.1) is 6.54 Å². The molecule has 0 radical (unpaired) electrons. The third kappa shape index (κ3) is 4.51. The van der Waals surface area contributed by atoms with Crippen LogP contribution in [0, 0.1) is 0 Å². The van der Waals surface area contributed by atoms with Gasteiger partial charge in [0.25, 0.3) is 5.91 Å². The van der Waals surface area contributed by atoms with E-state index >= 15 is 0 Å². The Labute approximate surface area is 153 Å². The highest BCUT2D eigenvalue weighted by Gasteiger charge is 2.10. The molecule has 0 bridgehead atoms. The summed E-state index contributed by atoms with van der Waals surface area (Å²) in [6.07, 6.45) is 1.90. The Morgan fingerprint density at radius 1 is 1.12 bits per heavy atom. The highest BCUT2D eigenvalue weighted by molar-refractivity contribution is 5.92. The van der Waals surface area contributed by atoms with Crippen molar-refractivity contribution in [1.29, 1.82) is 0 Å². The number of hydrogen-bond acceptors (Lipinski definition) is 3. The second kappa shape index (κ2) is 8.85. The fourth-order valence-electron chi connectivity index (χ4n) is 2.74. The maximum atomic E-state index is 12.1. The van der Waals surface area contributed by atoms with Crippen LogP contribution in [-0.4, -0.2) is 29.3 Å². The second-order valence-electron chi connectivity index (χ2n) is 5.99. The molecule has 5 heteroatoms. The first-order valence-electron chi connectivity index (χ1n) is 8.87. The molecule has 0 saturated carbocycles. The molecule has 1 aromatic heterocycles. The molecule has 0 fully saturated rings. The lowest BCUT2D eigenvalue weighted by molar-refractivity contribution is 0.0942. The summed E-state index contributed by atoms with van der Waals surface area (Å²) >= 11 is 0. The maximum Gasteiger partial charge on any atom is 0.271 e. The number of aryl methyl sites for hydroxylation is 1. The zero-order valence-electron chi connectivity index (χ0n) is 14.9. The molecule has 0 aliphatic rings. The van der Waals surface area contributed by atoms with Crippen molar-refractivity contribution in [2.24, 2.45) is 0 Å². The molecular formula is C21H23N3O2. The average molecular weight is 349 g/mol. The monoisotopic (exact) mass is 349 g/mol. The standard InChI is InChI=1S/C21H23N3O2/c1-2-8-17-15-19(24-23-17)21(25)22-13-14-26-20-12-7-6-11-18(20)16-9-4-3-5-10-16/h3-7,9-12,15H,2,8,13-14H2,1H3,(H,22,25)(H,23,24). The van der Waals surface area contributed by atoms with Gasteiger partial charge in [-0.05, 0) is 24.1 Å². The Hall–Kier alpha value is -3.08. The molecule has 1 amide bonds. The van der Waals surface area contributed by atoms with Gasteiger partial charge < -0.3 is 10.1 Å². The molecule has 0 spiro atoms. The first kappa shape index (κ1) is 17.7. The van der Waals surface area contributed by atoms with Gasteiger partial charge in [-0.1, -0.05) is 61.9 Å². The van der Waals surface area contributed by atoms with Crippen LogP contribution in [0.25, 0.3) is 11.1 Å². The number of carbonyl (C=O) groups excluding carboxylic acids is 1. The van der Waals surface area contributed by atoms with Crippen molar-refractivity contribution in [2.75, 3.05) is 13.2 Å². The summed E-state index contributed by atoms with van der Waals surface area (Å²) in [7, 11) is 0. The van der Waals surface area contributed by atoms with E-state index in [4.69, 9.17) is 4.74 Å². The first-order chi connectivity index (χ1) is 12.8. The number of aromatic nitrogens is 2. The fourth-order valence-corrected chi connectivity index (χ4v) is 2.74. The Kier molecular flexibility index (Phi) is 6.04. The van der Waals surface area contributed by atoms with Crippen LogP contribution in [0.15, 0.2) is 60.7 Å². The van der Waals surface area contributed by atoms with Gasteiger partial charge in [-0.2, -0.15) is 5.10 Å². The molecule has 0 aliphatic heterocycles. The number of rotatable bonds is 8. The number of H-pyrrole nitrogens is 1. The minimum atomic E-state index is -0.191. The van der Waals surface area contributed by atoms with Crippen LogP contribution in [-0.2, 0) is 6.42 Å². The third-order valence-corrected chi connectivity index (χ3v) is 4.00. The maximum absolute atomic E-state index is 12.1. The van der Waals surface area contributed by atoms with Gasteiger partial charge >= 0.3 is 0 Å². The molecule has 134 valence electrons. The summed E-state index contributed by atoms with van der Waals surface area (Å²) in [5, 5.41) is 9.77. The molecule has 5 nitrogen and oxygen atoms in total. The highest BCUT2D eigenvalue weighted by atomic mass is 16.5. The summed E-state index contributed by atoms with van der Waals surface area (Å²) in [5.74, 6) is 0.612. The van der Waals surface area contributed by atoms with Gasteiger partial charge in [0.2, 0.25) is 0 Å². The number of nitrogens with zero attached hydrogens (tertiary/aromatic N) is 1. The average Bonchev–Trinajstić information content (AvgIpc) is 3.15. The lowest BCUT2D eigenvalue weighted by Crippen LogP contribution is -2.28. The topological polar surface area (TPSA) is 67.0 Å². The minimum Gasteiger partial charge on any atom is -0.491 e. The van der Waals surface area contributed by atoms with Crippen molar-refractivity contribution in [3.8, 4) is 16.9 Å². The molecule has 2 N–H and O–H groups in total. The summed E-state index contributed by atoms with van der Waals surface area (Å²) in [4.78, 5) is 12.1. The lowest BCUT2D eigenvalue weighted by atomic mass is 10.1. The molecule has 0 aliphatic carbocycles. The number of ether oxygens (including phenoxy) is 1. The lowest BCUT2D eigenvalue weighted by Gasteiger charge is -2.12. The van der Waals surface area contributed by atoms with Crippen molar-refractivity contribution in [1.82, 2.24) is 15.5 Å². The molecule has 0 unspecified atom stereocenters. The van der Waals surface area contributed by atoms with E-state index in [2.05, 4.69) is 34.6 Å². The Balaban J connectivity index is 1.53. The molecular weight excluding hydrogens is 326 g/mol. The number of hydrogen-bond donors (Lipinski definition) is 2. The van der Waals surface area contributed by atoms with Crippen molar-refractivity contribution in [2.45, 2.75) is 19.8 Å². The SMILES string of the molecule is CCCc1cc(C(=O)NCCOc2ccccc2-c2ccccc2)n[nH]1.